The molecule has 0 aromatic rings. The van der Waals surface area contributed by atoms with Crippen LogP contribution in [0.1, 0.15) is 99.8 Å². The maximum Gasteiger partial charge on any atom is 0.245 e. The van der Waals surface area contributed by atoms with E-state index in [2.05, 4.69) is 36.9 Å². The second-order valence-electron chi connectivity index (χ2n) is 14.3. The van der Waals surface area contributed by atoms with Gasteiger partial charge < -0.3 is 59.1 Å². The Hall–Kier alpha value is -5.01. The number of hydrogen-bond donors (Lipinski definition) is 10. The third-order valence-electron chi connectivity index (χ3n) is 9.77. The van der Waals surface area contributed by atoms with Gasteiger partial charge in [0.2, 0.25) is 47.3 Å². The van der Waals surface area contributed by atoms with Crippen LogP contribution in [0.5, 0.6) is 0 Å². The fourth-order valence-corrected chi connectivity index (χ4v) is 6.16. The van der Waals surface area contributed by atoms with Crippen LogP contribution in [0.2, 0.25) is 0 Å². The number of hydrogen-bond acceptors (Lipinski definition) is 10. The number of guanidine groups is 1. The van der Waals surface area contributed by atoms with E-state index in [-0.39, 0.29) is 43.6 Å². The largest absolute Gasteiger partial charge is 0.391 e. The predicted molar refractivity (Wildman–Crippen MR) is 208 cm³/mol. The van der Waals surface area contributed by atoms with Crippen molar-refractivity contribution in [1.82, 2.24) is 36.8 Å². The van der Waals surface area contributed by atoms with Crippen LogP contribution in [0.15, 0.2) is 4.99 Å². The fourth-order valence-electron chi connectivity index (χ4n) is 6.16. The Balaban J connectivity index is 3.39. The van der Waals surface area contributed by atoms with Gasteiger partial charge in [-0.15, -0.1) is 0 Å². The number of nitrogens with zero attached hydrogens (tertiary/aromatic N) is 2. The molecule has 1 fully saturated rings. The van der Waals surface area contributed by atoms with Crippen molar-refractivity contribution in [2.45, 2.75) is 142 Å². The van der Waals surface area contributed by atoms with Crippen molar-refractivity contribution in [2.24, 2.45) is 34.0 Å². The Labute approximate surface area is 329 Å². The quantitative estimate of drug-likeness (QED) is 0.0273. The molecule has 1 aliphatic rings. The van der Waals surface area contributed by atoms with Crippen molar-refractivity contribution in [2.75, 3.05) is 19.6 Å². The summed E-state index contributed by atoms with van der Waals surface area (Å²) >= 11 is 0. The van der Waals surface area contributed by atoms with Gasteiger partial charge in [-0.25, -0.2) is 0 Å². The zero-order valence-corrected chi connectivity index (χ0v) is 33.8. The van der Waals surface area contributed by atoms with E-state index in [1.165, 1.54) is 18.7 Å². The van der Waals surface area contributed by atoms with Gasteiger partial charge in [0, 0.05) is 33.0 Å². The van der Waals surface area contributed by atoms with E-state index in [1.54, 1.807) is 27.7 Å². The van der Waals surface area contributed by atoms with Crippen molar-refractivity contribution in [3.05, 3.63) is 0 Å². The number of aliphatic imine (C=N–C) groups is 1. The highest BCUT2D eigenvalue weighted by Gasteiger charge is 2.39. The van der Waals surface area contributed by atoms with Gasteiger partial charge in [0.1, 0.15) is 36.3 Å². The molecular formula is C36H65N11O9. The molecule has 20 nitrogen and oxygen atoms in total. The van der Waals surface area contributed by atoms with E-state index < -0.39 is 89.6 Å². The normalized spacial score (nSPS) is 18.0. The Morgan fingerprint density at radius 2 is 1.29 bits per heavy atom. The summed E-state index contributed by atoms with van der Waals surface area (Å²) in [5.74, 6) is -6.35. The topological polar surface area (TPSA) is 323 Å². The third-order valence-corrected chi connectivity index (χ3v) is 9.77. The molecule has 318 valence electrons. The highest BCUT2D eigenvalue weighted by Crippen LogP contribution is 2.20. The van der Waals surface area contributed by atoms with Gasteiger partial charge in [0.05, 0.1) is 6.10 Å². The van der Waals surface area contributed by atoms with E-state index in [1.807, 2.05) is 6.92 Å². The summed E-state index contributed by atoms with van der Waals surface area (Å²) in [6.45, 7) is 12.1. The number of aliphatic hydroxyl groups excluding tert-OH is 1. The number of amides is 8. The van der Waals surface area contributed by atoms with Crippen LogP contribution in [-0.2, 0) is 38.4 Å². The monoisotopic (exact) mass is 795 g/mol. The van der Waals surface area contributed by atoms with Gasteiger partial charge in [-0.3, -0.25) is 43.3 Å². The minimum Gasteiger partial charge on any atom is -0.391 e. The van der Waals surface area contributed by atoms with Crippen LogP contribution in [0.3, 0.4) is 0 Å². The molecule has 0 unspecified atom stereocenters. The van der Waals surface area contributed by atoms with Crippen molar-refractivity contribution in [3.63, 3.8) is 0 Å². The van der Waals surface area contributed by atoms with Gasteiger partial charge in [0.25, 0.3) is 0 Å². The molecule has 1 saturated heterocycles. The maximum absolute atomic E-state index is 14.0. The van der Waals surface area contributed by atoms with E-state index >= 15 is 0 Å². The second-order valence-corrected chi connectivity index (χ2v) is 14.3. The number of rotatable bonds is 24. The number of aliphatic hydroxyl groups is 1. The molecule has 0 bridgehead atoms. The molecule has 0 aliphatic carbocycles. The first kappa shape index (κ1) is 49.0. The Morgan fingerprint density at radius 1 is 0.750 bits per heavy atom. The highest BCUT2D eigenvalue weighted by atomic mass is 16.3. The lowest BCUT2D eigenvalue weighted by molar-refractivity contribution is -0.142. The third kappa shape index (κ3) is 16.0. The average Bonchev–Trinajstić information content (AvgIpc) is 3.63. The van der Waals surface area contributed by atoms with Crippen LogP contribution in [0.25, 0.3) is 0 Å². The lowest BCUT2D eigenvalue weighted by atomic mass is 9.96. The molecule has 13 N–H and O–H groups in total. The van der Waals surface area contributed by atoms with Crippen molar-refractivity contribution in [3.8, 4) is 0 Å². The molecule has 1 rings (SSSR count). The standard InChI is InChI=1S/C36H65N11O9/c1-8-19(4)27(42-22(7)49)33(54)46-29(21(6)48)34(55)43-23(15-16-26(37)50)30(51)45-28(20(5)9-2)32(53)44-24(13-11-17-41-36(38)39)35(56)47-18-12-14-25(47)31(52)40-10-3/h19-21,23-25,27-29,48H,8-18H2,1-7H3,(H2,37,50)(H,40,52)(H,42,49)(H,43,55)(H,44,53)(H,45,51)(H,46,54)(H4,38,39,41)/t19-,20-,21+,23-,24-,25-,27+,28-,29-/m0/s1. The molecule has 56 heavy (non-hydrogen) atoms. The number of nitrogens with one attached hydrogen (secondary N) is 6. The Morgan fingerprint density at radius 3 is 1.80 bits per heavy atom. The summed E-state index contributed by atoms with van der Waals surface area (Å²) in [7, 11) is 0. The smallest absolute Gasteiger partial charge is 0.245 e. The molecule has 9 atom stereocenters. The fraction of sp³-hybridized carbons (Fsp3) is 0.750. The lowest BCUT2D eigenvalue weighted by Gasteiger charge is -2.31. The van der Waals surface area contributed by atoms with Crippen LogP contribution in [0.4, 0.5) is 0 Å². The summed E-state index contributed by atoms with van der Waals surface area (Å²) in [5, 5.41) is 26.1. The molecule has 0 radical (unpaired) electrons. The predicted octanol–water partition coefficient (Wildman–Crippen LogP) is -2.65. The Kier molecular flexibility index (Phi) is 21.4. The van der Waals surface area contributed by atoms with Crippen LogP contribution >= 0.6 is 0 Å². The maximum atomic E-state index is 14.0. The van der Waals surface area contributed by atoms with Crippen molar-refractivity contribution >= 4 is 53.2 Å². The first-order valence-electron chi connectivity index (χ1n) is 19.4. The molecule has 0 saturated carbocycles. The molecule has 0 spiro atoms. The Bertz CT molecular complexity index is 1410. The second kappa shape index (κ2) is 24.5. The van der Waals surface area contributed by atoms with Crippen LogP contribution in [-0.4, -0.2) is 125 Å². The molecule has 1 aliphatic heterocycles. The minimum atomic E-state index is -1.58. The van der Waals surface area contributed by atoms with Crippen molar-refractivity contribution in [1.29, 1.82) is 0 Å². The van der Waals surface area contributed by atoms with E-state index in [0.29, 0.717) is 45.2 Å². The number of likely N-dealkylation sites (tertiary alicyclic amines) is 1. The minimum absolute atomic E-state index is 0.102. The van der Waals surface area contributed by atoms with Gasteiger partial charge in [-0.2, -0.15) is 0 Å². The van der Waals surface area contributed by atoms with Gasteiger partial charge >= 0.3 is 0 Å². The SMILES string of the molecule is CCNC(=O)[C@@H]1CCCN1C(=O)[C@H](CCCN=C(N)N)NC(=O)[C@@H](NC(=O)[C@H](CCC(N)=O)NC(=O)[C@@H](NC(=O)[C@H](NC(C)=O)[C@@H](C)CC)[C@@H](C)O)[C@@H](C)CC. The average molecular weight is 796 g/mol. The van der Waals surface area contributed by atoms with E-state index in [9.17, 15) is 43.5 Å². The van der Waals surface area contributed by atoms with Crippen LogP contribution in [0, 0.1) is 11.8 Å². The zero-order valence-electron chi connectivity index (χ0n) is 33.8. The molecule has 8 amide bonds. The number of carbonyl (C=O) groups is 8. The van der Waals surface area contributed by atoms with E-state index in [0.717, 1.165) is 0 Å². The first-order chi connectivity index (χ1) is 26.3. The molecule has 0 aromatic carbocycles. The summed E-state index contributed by atoms with van der Waals surface area (Å²) in [6, 6.07) is -7.16. The summed E-state index contributed by atoms with van der Waals surface area (Å²) < 4.78 is 0. The molecule has 1 heterocycles. The summed E-state index contributed by atoms with van der Waals surface area (Å²) in [4.78, 5) is 110. The van der Waals surface area contributed by atoms with E-state index in [4.69, 9.17) is 17.2 Å². The number of likely N-dealkylation sites (N-methyl/N-ethyl adjacent to an activating group) is 1. The van der Waals surface area contributed by atoms with Gasteiger partial charge in [0.15, 0.2) is 5.96 Å². The van der Waals surface area contributed by atoms with Crippen molar-refractivity contribution < 1.29 is 43.5 Å². The molecular weight excluding hydrogens is 730 g/mol. The summed E-state index contributed by atoms with van der Waals surface area (Å²) in [6.07, 6.45) is 0.216. The first-order valence-corrected chi connectivity index (χ1v) is 19.4. The molecule has 20 heteroatoms. The summed E-state index contributed by atoms with van der Waals surface area (Å²) in [5.41, 5.74) is 16.3. The van der Waals surface area contributed by atoms with Gasteiger partial charge in [-0.1, -0.05) is 40.5 Å². The highest BCUT2D eigenvalue weighted by molar-refractivity contribution is 5.97. The van der Waals surface area contributed by atoms with Gasteiger partial charge in [-0.05, 0) is 57.8 Å². The number of nitrogens with two attached hydrogens (primary N) is 3. The number of carbonyl (C=O) groups excluding carboxylic acids is 8. The lowest BCUT2D eigenvalue weighted by Crippen LogP contribution is -2.62. The van der Waals surface area contributed by atoms with Crippen LogP contribution < -0.4 is 49.1 Å². The molecule has 0 aromatic heterocycles. The number of primary amides is 1. The zero-order chi connectivity index (χ0) is 42.7.